The lowest BCUT2D eigenvalue weighted by atomic mass is 10.1. The molecule has 1 aliphatic rings. The first-order valence-corrected chi connectivity index (χ1v) is 8.08. The fourth-order valence-corrected chi connectivity index (χ4v) is 3.81. The van der Waals surface area contributed by atoms with Crippen LogP contribution in [-0.4, -0.2) is 33.2 Å². The number of alkyl halides is 1. The Morgan fingerprint density at radius 2 is 2.16 bits per heavy atom. The highest BCUT2D eigenvalue weighted by Crippen LogP contribution is 2.32. The summed E-state index contributed by atoms with van der Waals surface area (Å²) in [6, 6.07) is 4.25. The maximum Gasteiger partial charge on any atom is 0.215 e. The van der Waals surface area contributed by atoms with Crippen LogP contribution in [0, 0.1) is 0 Å². The van der Waals surface area contributed by atoms with Gasteiger partial charge in [-0.05, 0) is 30.4 Å². The van der Waals surface area contributed by atoms with Gasteiger partial charge >= 0.3 is 0 Å². The first-order chi connectivity index (χ1) is 9.33. The molecule has 0 unspecified atom stereocenters. The van der Waals surface area contributed by atoms with E-state index >= 15 is 0 Å². The van der Waals surface area contributed by atoms with Crippen molar-refractivity contribution in [3.05, 3.63) is 18.0 Å². The predicted octanol–water partition coefficient (Wildman–Crippen LogP) is 3.25. The molecule has 0 saturated carbocycles. The number of imidazole rings is 1. The second-order valence-electron chi connectivity index (χ2n) is 4.57. The van der Waals surface area contributed by atoms with Crippen molar-refractivity contribution >= 4 is 34.5 Å². The number of hydrogen-bond donors (Lipinski definition) is 0. The molecule has 2 aromatic heterocycles. The summed E-state index contributed by atoms with van der Waals surface area (Å²) >= 11 is 8.06. The van der Waals surface area contributed by atoms with Gasteiger partial charge in [-0.2, -0.15) is 16.7 Å². The molecule has 0 N–H and O–H groups in total. The van der Waals surface area contributed by atoms with Crippen molar-refractivity contribution in [1.29, 1.82) is 0 Å². The summed E-state index contributed by atoms with van der Waals surface area (Å²) in [6.07, 6.45) is 2.30. The highest BCUT2D eigenvalue weighted by Gasteiger charge is 2.22. The van der Waals surface area contributed by atoms with Crippen LogP contribution in [0.2, 0.25) is 0 Å². The molecule has 19 heavy (non-hydrogen) atoms. The van der Waals surface area contributed by atoms with Crippen LogP contribution in [0.5, 0.6) is 5.88 Å². The molecule has 6 heteroatoms. The number of halogens is 1. The van der Waals surface area contributed by atoms with Crippen LogP contribution in [0.4, 0.5) is 0 Å². The van der Waals surface area contributed by atoms with Crippen molar-refractivity contribution in [2.75, 3.05) is 18.6 Å². The molecule has 0 amide bonds. The van der Waals surface area contributed by atoms with Crippen molar-refractivity contribution in [3.63, 3.8) is 0 Å². The van der Waals surface area contributed by atoms with Gasteiger partial charge in [-0.25, -0.2) is 4.98 Å². The van der Waals surface area contributed by atoms with Crippen molar-refractivity contribution in [1.82, 2.24) is 14.5 Å². The van der Waals surface area contributed by atoms with Gasteiger partial charge in [0.2, 0.25) is 5.88 Å². The Morgan fingerprint density at radius 3 is 2.84 bits per heavy atom. The number of pyridine rings is 1. The van der Waals surface area contributed by atoms with Gasteiger partial charge in [0.05, 0.1) is 13.0 Å². The van der Waals surface area contributed by atoms with E-state index in [2.05, 4.69) is 14.5 Å². The quantitative estimate of drug-likeness (QED) is 0.815. The van der Waals surface area contributed by atoms with E-state index in [1.165, 1.54) is 11.5 Å². The zero-order chi connectivity index (χ0) is 13.2. The molecule has 2 aromatic rings. The van der Waals surface area contributed by atoms with E-state index in [0.29, 0.717) is 17.8 Å². The topological polar surface area (TPSA) is 39.9 Å². The Kier molecular flexibility index (Phi) is 3.84. The van der Waals surface area contributed by atoms with Crippen LogP contribution in [0.1, 0.15) is 24.7 Å². The van der Waals surface area contributed by atoms with Gasteiger partial charge < -0.3 is 9.30 Å². The molecule has 1 saturated heterocycles. The minimum atomic E-state index is 0.419. The van der Waals surface area contributed by atoms with Gasteiger partial charge in [0.15, 0.2) is 5.65 Å². The zero-order valence-corrected chi connectivity index (χ0v) is 12.4. The Labute approximate surface area is 121 Å². The molecule has 1 aliphatic heterocycles. The molecule has 0 spiro atoms. The minimum absolute atomic E-state index is 0.419. The number of nitrogens with zero attached hydrogens (tertiary/aromatic N) is 3. The number of aromatic nitrogens is 3. The lowest BCUT2D eigenvalue weighted by Gasteiger charge is -2.24. The third-order valence-electron chi connectivity index (χ3n) is 3.47. The van der Waals surface area contributed by atoms with Gasteiger partial charge in [0.25, 0.3) is 0 Å². The van der Waals surface area contributed by atoms with Gasteiger partial charge in [-0.1, -0.05) is 0 Å². The molecule has 1 fully saturated rings. The van der Waals surface area contributed by atoms with Crippen molar-refractivity contribution < 1.29 is 4.74 Å². The minimum Gasteiger partial charge on any atom is -0.481 e. The molecule has 3 rings (SSSR count). The van der Waals surface area contributed by atoms with Crippen molar-refractivity contribution in [2.45, 2.75) is 24.8 Å². The van der Waals surface area contributed by atoms with Crippen molar-refractivity contribution in [2.24, 2.45) is 0 Å². The van der Waals surface area contributed by atoms with E-state index in [-0.39, 0.29) is 0 Å². The summed E-state index contributed by atoms with van der Waals surface area (Å²) in [5.74, 6) is 4.34. The fraction of sp³-hybridized carbons (Fsp3) is 0.538. The average Bonchev–Trinajstić information content (AvgIpc) is 2.85. The second kappa shape index (κ2) is 5.59. The summed E-state index contributed by atoms with van der Waals surface area (Å²) in [4.78, 5) is 9.14. The van der Waals surface area contributed by atoms with Crippen LogP contribution < -0.4 is 4.74 Å². The smallest absolute Gasteiger partial charge is 0.215 e. The largest absolute Gasteiger partial charge is 0.481 e. The number of thioether (sulfide) groups is 1. The standard InChI is InChI=1S/C13H16ClN3OS/c1-18-12-3-2-10-13(16-12)17(11(8-14)15-10)9-4-6-19-7-5-9/h2-3,9H,4-8H2,1H3. The summed E-state index contributed by atoms with van der Waals surface area (Å²) in [5, 5.41) is 0. The second-order valence-corrected chi connectivity index (χ2v) is 6.06. The highest BCUT2D eigenvalue weighted by molar-refractivity contribution is 7.99. The third kappa shape index (κ3) is 2.41. The summed E-state index contributed by atoms with van der Waals surface area (Å²) < 4.78 is 7.43. The molecule has 0 aliphatic carbocycles. The van der Waals surface area contributed by atoms with Crippen LogP contribution >= 0.6 is 23.4 Å². The first kappa shape index (κ1) is 13.1. The van der Waals surface area contributed by atoms with Gasteiger partial charge in [-0.3, -0.25) is 0 Å². The maximum atomic E-state index is 6.05. The third-order valence-corrected chi connectivity index (χ3v) is 4.76. The number of fused-ring (bicyclic) bond motifs is 1. The Hall–Kier alpha value is -0.940. The summed E-state index contributed by atoms with van der Waals surface area (Å²) in [6.45, 7) is 0. The predicted molar refractivity (Wildman–Crippen MR) is 79.2 cm³/mol. The van der Waals surface area contributed by atoms with Crippen LogP contribution in [-0.2, 0) is 5.88 Å². The van der Waals surface area contributed by atoms with E-state index in [9.17, 15) is 0 Å². The fourth-order valence-electron chi connectivity index (χ4n) is 2.54. The summed E-state index contributed by atoms with van der Waals surface area (Å²) in [5.41, 5.74) is 1.79. The maximum absolute atomic E-state index is 6.05. The first-order valence-electron chi connectivity index (χ1n) is 6.39. The lowest BCUT2D eigenvalue weighted by molar-refractivity contribution is 0.397. The molecule has 0 bridgehead atoms. The Bertz CT molecular complexity index is 581. The number of rotatable bonds is 3. The molecule has 3 heterocycles. The molecule has 4 nitrogen and oxygen atoms in total. The molecular formula is C13H16ClN3OS. The van der Waals surface area contributed by atoms with Gasteiger partial charge in [-0.15, -0.1) is 11.6 Å². The lowest BCUT2D eigenvalue weighted by Crippen LogP contribution is -2.17. The number of methoxy groups -OCH3 is 1. The van der Waals surface area contributed by atoms with Crippen LogP contribution in [0.25, 0.3) is 11.2 Å². The molecule has 0 atom stereocenters. The number of ether oxygens (including phenoxy) is 1. The van der Waals surface area contributed by atoms with Crippen LogP contribution in [0.15, 0.2) is 12.1 Å². The number of hydrogen-bond acceptors (Lipinski definition) is 4. The zero-order valence-electron chi connectivity index (χ0n) is 10.8. The van der Waals surface area contributed by atoms with E-state index in [1.807, 2.05) is 23.9 Å². The molecule has 102 valence electrons. The monoisotopic (exact) mass is 297 g/mol. The molecule has 0 radical (unpaired) electrons. The Morgan fingerprint density at radius 1 is 1.37 bits per heavy atom. The average molecular weight is 298 g/mol. The highest BCUT2D eigenvalue weighted by atomic mass is 35.5. The van der Waals surface area contributed by atoms with E-state index in [4.69, 9.17) is 16.3 Å². The molecular weight excluding hydrogens is 282 g/mol. The van der Waals surface area contributed by atoms with Crippen LogP contribution in [0.3, 0.4) is 0 Å². The van der Waals surface area contributed by atoms with E-state index < -0.39 is 0 Å². The normalized spacial score (nSPS) is 16.9. The van der Waals surface area contributed by atoms with Crippen molar-refractivity contribution in [3.8, 4) is 5.88 Å². The van der Waals surface area contributed by atoms with Gasteiger partial charge in [0.1, 0.15) is 11.3 Å². The van der Waals surface area contributed by atoms with Gasteiger partial charge in [0, 0.05) is 12.1 Å². The summed E-state index contributed by atoms with van der Waals surface area (Å²) in [7, 11) is 1.63. The Balaban J connectivity index is 2.12. The SMILES string of the molecule is COc1ccc2nc(CCl)n(C3CCSCC3)c2n1. The van der Waals surface area contributed by atoms with E-state index in [0.717, 1.165) is 29.8 Å². The van der Waals surface area contributed by atoms with E-state index in [1.54, 1.807) is 7.11 Å². The molecule has 0 aromatic carbocycles.